The number of thiol groups is 1. The van der Waals surface area contributed by atoms with Crippen LogP contribution in [0.4, 0.5) is 0 Å². The van der Waals surface area contributed by atoms with E-state index in [0.29, 0.717) is 5.75 Å². The molecule has 0 atom stereocenters. The van der Waals surface area contributed by atoms with Crippen LogP contribution in [0.1, 0.15) is 13.8 Å². The third kappa shape index (κ3) is 2.18. The third-order valence-electron chi connectivity index (χ3n) is 1.38. The molecule has 0 aliphatic heterocycles. The molecule has 0 unspecified atom stereocenters. The molecule has 0 aromatic heterocycles. The van der Waals surface area contributed by atoms with E-state index in [-0.39, 0.29) is 0 Å². The number of hydrogen-bond donors (Lipinski definition) is 1. The largest absolute Gasteiger partial charge is 0.229 e. The minimum absolute atomic E-state index is 0.367. The van der Waals surface area contributed by atoms with Crippen molar-refractivity contribution in [2.24, 2.45) is 0 Å². The monoisotopic (exact) mass is 168 g/mol. The van der Waals surface area contributed by atoms with E-state index in [0.717, 1.165) is 0 Å². The van der Waals surface area contributed by atoms with Gasteiger partial charge in [-0.3, -0.25) is 0 Å². The molecular weight excluding hydrogens is 156 g/mol. The molecule has 0 aromatic carbocycles. The molecule has 0 N–H and O–H groups in total. The Hall–Kier alpha value is 0.300. The summed E-state index contributed by atoms with van der Waals surface area (Å²) < 4.78 is 21.0. The number of hydrogen-bond acceptors (Lipinski definition) is 3. The van der Waals surface area contributed by atoms with Crippen molar-refractivity contribution in [3.63, 3.8) is 0 Å². The van der Waals surface area contributed by atoms with Gasteiger partial charge in [0, 0.05) is 12.0 Å². The molecule has 0 aromatic rings. The van der Waals surface area contributed by atoms with Gasteiger partial charge in [0.2, 0.25) is 0 Å². The van der Waals surface area contributed by atoms with E-state index in [1.807, 2.05) is 0 Å². The van der Waals surface area contributed by atoms with Crippen LogP contribution in [-0.2, 0) is 9.84 Å². The van der Waals surface area contributed by atoms with Crippen molar-refractivity contribution in [1.82, 2.24) is 0 Å². The van der Waals surface area contributed by atoms with Crippen LogP contribution in [0.3, 0.4) is 0 Å². The topological polar surface area (TPSA) is 34.1 Å². The second kappa shape index (κ2) is 2.50. The Morgan fingerprint density at radius 1 is 1.44 bits per heavy atom. The summed E-state index contributed by atoms with van der Waals surface area (Å²) in [5, 5.41) is 0. The average molecular weight is 168 g/mol. The van der Waals surface area contributed by atoms with Crippen LogP contribution in [0.25, 0.3) is 0 Å². The highest BCUT2D eigenvalue weighted by molar-refractivity contribution is 7.93. The van der Waals surface area contributed by atoms with E-state index < -0.39 is 14.6 Å². The molecule has 0 heterocycles. The van der Waals surface area contributed by atoms with Gasteiger partial charge < -0.3 is 0 Å². The lowest BCUT2D eigenvalue weighted by Crippen LogP contribution is -2.32. The summed E-state index contributed by atoms with van der Waals surface area (Å²) >= 11 is 3.92. The maximum atomic E-state index is 10.8. The highest BCUT2D eigenvalue weighted by atomic mass is 32.2. The SMILES string of the molecule is CC(C)(CS)S(C)(=O)=O. The van der Waals surface area contributed by atoms with Crippen molar-refractivity contribution in [3.05, 3.63) is 0 Å². The van der Waals surface area contributed by atoms with Crippen molar-refractivity contribution in [2.45, 2.75) is 18.6 Å². The molecule has 0 fully saturated rings. The highest BCUT2D eigenvalue weighted by Crippen LogP contribution is 2.15. The molecule has 0 saturated heterocycles. The van der Waals surface area contributed by atoms with E-state index in [1.165, 1.54) is 6.26 Å². The second-order valence-electron chi connectivity index (χ2n) is 2.69. The predicted molar refractivity (Wildman–Crippen MR) is 42.8 cm³/mol. The minimum Gasteiger partial charge on any atom is -0.229 e. The van der Waals surface area contributed by atoms with Gasteiger partial charge in [0.1, 0.15) is 0 Å². The van der Waals surface area contributed by atoms with Gasteiger partial charge in [-0.25, -0.2) is 8.42 Å². The molecule has 0 spiro atoms. The summed E-state index contributed by atoms with van der Waals surface area (Å²) in [6, 6.07) is 0. The van der Waals surface area contributed by atoms with E-state index in [1.54, 1.807) is 13.8 Å². The van der Waals surface area contributed by atoms with Gasteiger partial charge in [0.05, 0.1) is 4.75 Å². The van der Waals surface area contributed by atoms with Gasteiger partial charge >= 0.3 is 0 Å². The maximum Gasteiger partial charge on any atom is 0.153 e. The maximum absolute atomic E-state index is 10.8. The van der Waals surface area contributed by atoms with Crippen molar-refractivity contribution in [3.8, 4) is 0 Å². The second-order valence-corrected chi connectivity index (χ2v) is 5.66. The van der Waals surface area contributed by atoms with Crippen LogP contribution < -0.4 is 0 Å². The minimum atomic E-state index is -2.93. The quantitative estimate of drug-likeness (QED) is 0.617. The Bertz CT molecular complexity index is 179. The van der Waals surface area contributed by atoms with Gasteiger partial charge in [0.25, 0.3) is 0 Å². The number of sulfone groups is 1. The smallest absolute Gasteiger partial charge is 0.153 e. The van der Waals surface area contributed by atoms with Crippen molar-refractivity contribution >= 4 is 22.5 Å². The molecule has 0 rings (SSSR count). The van der Waals surface area contributed by atoms with Crippen molar-refractivity contribution in [1.29, 1.82) is 0 Å². The van der Waals surface area contributed by atoms with E-state index in [9.17, 15) is 8.42 Å². The van der Waals surface area contributed by atoms with Crippen LogP contribution in [0.2, 0.25) is 0 Å². The zero-order valence-electron chi connectivity index (χ0n) is 5.88. The standard InChI is InChI=1S/C5H12O2S2/c1-5(2,4-8)9(3,6)7/h8H,4H2,1-3H3. The fourth-order valence-corrected chi connectivity index (χ4v) is 1.06. The summed E-state index contributed by atoms with van der Waals surface area (Å²) in [5.41, 5.74) is 0. The molecule has 0 aliphatic rings. The first-order chi connectivity index (χ1) is 3.81. The molecule has 4 heteroatoms. The van der Waals surface area contributed by atoms with E-state index >= 15 is 0 Å². The first-order valence-corrected chi connectivity index (χ1v) is 5.14. The van der Waals surface area contributed by atoms with Gasteiger partial charge in [0.15, 0.2) is 9.84 Å². The Balaban J connectivity index is 4.56. The predicted octanol–water partition coefficient (Wildman–Crippen LogP) is 0.739. The van der Waals surface area contributed by atoms with Crippen LogP contribution >= 0.6 is 12.6 Å². The fourth-order valence-electron chi connectivity index (χ4n) is 0.117. The van der Waals surface area contributed by atoms with Gasteiger partial charge in [-0.15, -0.1) is 0 Å². The highest BCUT2D eigenvalue weighted by Gasteiger charge is 2.27. The fraction of sp³-hybridized carbons (Fsp3) is 1.00. The van der Waals surface area contributed by atoms with Crippen LogP contribution in [0, 0.1) is 0 Å². The molecule has 0 radical (unpaired) electrons. The molecule has 0 bridgehead atoms. The normalized spacial score (nSPS) is 13.8. The summed E-state index contributed by atoms with van der Waals surface area (Å²) in [6.07, 6.45) is 1.23. The van der Waals surface area contributed by atoms with E-state index in [2.05, 4.69) is 12.6 Å². The molecular formula is C5H12O2S2. The molecule has 0 saturated carbocycles. The van der Waals surface area contributed by atoms with Gasteiger partial charge in [-0.1, -0.05) is 0 Å². The summed E-state index contributed by atoms with van der Waals surface area (Å²) in [6.45, 7) is 3.32. The van der Waals surface area contributed by atoms with Crippen LogP contribution in [0.15, 0.2) is 0 Å². The van der Waals surface area contributed by atoms with Crippen molar-refractivity contribution in [2.75, 3.05) is 12.0 Å². The Kier molecular flexibility index (Phi) is 2.58. The Morgan fingerprint density at radius 2 is 1.78 bits per heavy atom. The lowest BCUT2D eigenvalue weighted by atomic mass is 10.2. The Morgan fingerprint density at radius 3 is 1.78 bits per heavy atom. The third-order valence-corrected chi connectivity index (χ3v) is 4.54. The molecule has 9 heavy (non-hydrogen) atoms. The Labute approximate surface area is 62.0 Å². The lowest BCUT2D eigenvalue weighted by molar-refractivity contribution is 0.569. The molecule has 2 nitrogen and oxygen atoms in total. The zero-order chi connectivity index (χ0) is 7.71. The van der Waals surface area contributed by atoms with Crippen LogP contribution in [0.5, 0.6) is 0 Å². The molecule has 0 amide bonds. The first-order valence-electron chi connectivity index (χ1n) is 2.62. The van der Waals surface area contributed by atoms with Crippen LogP contribution in [-0.4, -0.2) is 25.2 Å². The average Bonchev–Trinajstić information content (AvgIpc) is 1.64. The zero-order valence-corrected chi connectivity index (χ0v) is 7.59. The molecule has 56 valence electrons. The van der Waals surface area contributed by atoms with Gasteiger partial charge in [-0.05, 0) is 13.8 Å². The summed E-state index contributed by atoms with van der Waals surface area (Å²) in [4.78, 5) is 0. The van der Waals surface area contributed by atoms with Gasteiger partial charge in [-0.2, -0.15) is 12.6 Å². The van der Waals surface area contributed by atoms with Crippen molar-refractivity contribution < 1.29 is 8.42 Å². The summed E-state index contributed by atoms with van der Waals surface area (Å²) in [7, 11) is -2.93. The number of rotatable bonds is 2. The van der Waals surface area contributed by atoms with E-state index in [4.69, 9.17) is 0 Å². The lowest BCUT2D eigenvalue weighted by Gasteiger charge is -2.18. The summed E-state index contributed by atoms with van der Waals surface area (Å²) in [5.74, 6) is 0.367. The first kappa shape index (κ1) is 9.30. The molecule has 0 aliphatic carbocycles.